The lowest BCUT2D eigenvalue weighted by Crippen LogP contribution is -2.58. The summed E-state index contributed by atoms with van der Waals surface area (Å²) >= 11 is 11.6. The molecule has 0 aromatic heterocycles. The van der Waals surface area contributed by atoms with Crippen molar-refractivity contribution < 1.29 is 39.4 Å². The van der Waals surface area contributed by atoms with Crippen LogP contribution in [0.2, 0.25) is 10.0 Å². The minimum atomic E-state index is -1.81. The summed E-state index contributed by atoms with van der Waals surface area (Å²) in [6.45, 7) is -0.567. The fourth-order valence-corrected chi connectivity index (χ4v) is 2.28. The topological polar surface area (TPSA) is 126 Å². The van der Waals surface area contributed by atoms with Crippen molar-refractivity contribution in [2.45, 2.75) is 30.9 Å². The van der Waals surface area contributed by atoms with E-state index in [1.807, 2.05) is 0 Å². The van der Waals surface area contributed by atoms with Gasteiger partial charge in [-0.15, -0.1) is 0 Å². The first-order valence-corrected chi connectivity index (χ1v) is 7.20. The molecule has 2 rings (SSSR count). The van der Waals surface area contributed by atoms with Crippen LogP contribution >= 0.6 is 23.2 Å². The van der Waals surface area contributed by atoms with Crippen LogP contribution in [0.25, 0.3) is 0 Å². The monoisotopic (exact) mass is 368 g/mol. The van der Waals surface area contributed by atoms with Crippen LogP contribution in [0.3, 0.4) is 0 Å². The minimum Gasteiger partial charge on any atom is -0.480 e. The fraction of sp³-hybridized carbons (Fsp3) is 0.462. The smallest absolute Gasteiger partial charge is 0.346 e. The lowest BCUT2D eigenvalue weighted by Gasteiger charge is -2.37. The molecule has 5 atom stereocenters. The van der Waals surface area contributed by atoms with Gasteiger partial charge in [-0.05, 0) is 18.2 Å². The Bertz CT molecular complexity index is 569. The van der Waals surface area contributed by atoms with Gasteiger partial charge >= 0.3 is 5.97 Å². The van der Waals surface area contributed by atoms with E-state index in [0.717, 1.165) is 0 Å². The first kappa shape index (κ1) is 18.2. The summed E-state index contributed by atoms with van der Waals surface area (Å²) in [7, 11) is 0. The molecular formula is C13H14Cl2O8. The van der Waals surface area contributed by atoms with Crippen molar-refractivity contribution in [1.29, 1.82) is 0 Å². The molecule has 0 saturated carbocycles. The summed E-state index contributed by atoms with van der Waals surface area (Å²) in [5, 5.41) is 38.3. The molecule has 10 heteroatoms. The molecule has 1 aliphatic rings. The Morgan fingerprint density at radius 1 is 1.13 bits per heavy atom. The van der Waals surface area contributed by atoms with Gasteiger partial charge in [0.15, 0.2) is 12.9 Å². The van der Waals surface area contributed by atoms with Gasteiger partial charge in [0.25, 0.3) is 0 Å². The van der Waals surface area contributed by atoms with Gasteiger partial charge in [0.05, 0.1) is 5.02 Å². The predicted octanol–water partition coefficient (Wildman–Crippen LogP) is -0.327. The number of esters is 1. The van der Waals surface area contributed by atoms with Crippen molar-refractivity contribution in [3.05, 3.63) is 28.2 Å². The Morgan fingerprint density at radius 2 is 1.83 bits per heavy atom. The third-order valence-corrected chi connectivity index (χ3v) is 3.56. The van der Waals surface area contributed by atoms with Crippen LogP contribution < -0.4 is 4.74 Å². The number of carbonyl (C=O) groups excluding carboxylic acids is 1. The van der Waals surface area contributed by atoms with Crippen LogP contribution in [-0.4, -0.2) is 63.9 Å². The van der Waals surface area contributed by atoms with Gasteiger partial charge in [-0.1, -0.05) is 23.2 Å². The van der Waals surface area contributed by atoms with Crippen LogP contribution in [0.4, 0.5) is 0 Å². The van der Waals surface area contributed by atoms with E-state index in [1.165, 1.54) is 18.2 Å². The fourth-order valence-electron chi connectivity index (χ4n) is 1.82. The Hall–Kier alpha value is -1.13. The quantitative estimate of drug-likeness (QED) is 0.532. The third kappa shape index (κ3) is 4.45. The van der Waals surface area contributed by atoms with E-state index in [-0.39, 0.29) is 10.8 Å². The van der Waals surface area contributed by atoms with Crippen molar-refractivity contribution >= 4 is 29.2 Å². The van der Waals surface area contributed by atoms with Crippen LogP contribution in [0.5, 0.6) is 5.75 Å². The lowest BCUT2D eigenvalue weighted by atomic mass is 10.0. The molecule has 4 N–H and O–H groups in total. The molecule has 0 unspecified atom stereocenters. The van der Waals surface area contributed by atoms with E-state index in [1.54, 1.807) is 0 Å². The largest absolute Gasteiger partial charge is 0.480 e. The predicted molar refractivity (Wildman–Crippen MR) is 76.9 cm³/mol. The number of hydrogen-bond acceptors (Lipinski definition) is 8. The molecule has 8 nitrogen and oxygen atoms in total. The summed E-state index contributed by atoms with van der Waals surface area (Å²) in [6, 6.07) is 4.38. The maximum absolute atomic E-state index is 11.7. The molecule has 0 amide bonds. The molecule has 1 aromatic carbocycles. The summed E-state index contributed by atoms with van der Waals surface area (Å²) in [5.41, 5.74) is 0. The second-order valence-corrected chi connectivity index (χ2v) is 5.56. The maximum atomic E-state index is 11.7. The zero-order chi connectivity index (χ0) is 17.1. The second kappa shape index (κ2) is 7.63. The number of aliphatic hydroxyl groups is 4. The maximum Gasteiger partial charge on any atom is 0.346 e. The first-order chi connectivity index (χ1) is 10.8. The molecule has 1 heterocycles. The van der Waals surface area contributed by atoms with E-state index in [0.29, 0.717) is 5.02 Å². The van der Waals surface area contributed by atoms with Gasteiger partial charge < -0.3 is 34.6 Å². The Morgan fingerprint density at radius 3 is 2.48 bits per heavy atom. The summed E-state index contributed by atoms with van der Waals surface area (Å²) in [6.07, 6.45) is -8.64. The third-order valence-electron chi connectivity index (χ3n) is 3.03. The van der Waals surface area contributed by atoms with Gasteiger partial charge in [-0.25, -0.2) is 4.79 Å². The lowest BCUT2D eigenvalue weighted by molar-refractivity contribution is -0.331. The van der Waals surface area contributed by atoms with Crippen molar-refractivity contribution in [2.24, 2.45) is 0 Å². The van der Waals surface area contributed by atoms with Crippen LogP contribution in [0.1, 0.15) is 0 Å². The molecule has 1 saturated heterocycles. The Labute approximate surface area is 140 Å². The average Bonchev–Trinajstić information content (AvgIpc) is 2.49. The molecule has 0 spiro atoms. The van der Waals surface area contributed by atoms with Crippen molar-refractivity contribution in [3.8, 4) is 5.75 Å². The summed E-state index contributed by atoms with van der Waals surface area (Å²) in [4.78, 5) is 11.7. The minimum absolute atomic E-state index is 0.188. The Kier molecular flexibility index (Phi) is 6.04. The van der Waals surface area contributed by atoms with Gasteiger partial charge in [-0.3, -0.25) is 0 Å². The highest BCUT2D eigenvalue weighted by atomic mass is 35.5. The van der Waals surface area contributed by atoms with E-state index in [4.69, 9.17) is 37.4 Å². The molecule has 23 heavy (non-hydrogen) atoms. The average molecular weight is 369 g/mol. The van der Waals surface area contributed by atoms with Gasteiger partial charge in [-0.2, -0.15) is 0 Å². The van der Waals surface area contributed by atoms with E-state index < -0.39 is 43.5 Å². The molecular weight excluding hydrogens is 355 g/mol. The number of hydrogen-bond donors (Lipinski definition) is 4. The SMILES string of the molecule is O=C(COc1ccc(Cl)cc1Cl)O[C@@H]1O[C@H](O)[C@@H](O)[C@H](O)[C@H]1O. The molecule has 0 bridgehead atoms. The number of ether oxygens (including phenoxy) is 3. The van der Waals surface area contributed by atoms with Gasteiger partial charge in [0.2, 0.25) is 6.29 Å². The highest BCUT2D eigenvalue weighted by Gasteiger charge is 2.45. The normalized spacial score (nSPS) is 30.8. The van der Waals surface area contributed by atoms with Crippen LogP contribution in [-0.2, 0) is 14.3 Å². The number of benzene rings is 1. The van der Waals surface area contributed by atoms with Gasteiger partial charge in [0.1, 0.15) is 24.1 Å². The number of carbonyl (C=O) groups is 1. The van der Waals surface area contributed by atoms with Crippen molar-refractivity contribution in [2.75, 3.05) is 6.61 Å². The van der Waals surface area contributed by atoms with Crippen LogP contribution in [0.15, 0.2) is 18.2 Å². The van der Waals surface area contributed by atoms with Crippen molar-refractivity contribution in [3.63, 3.8) is 0 Å². The van der Waals surface area contributed by atoms with E-state index in [2.05, 4.69) is 0 Å². The molecule has 0 aliphatic carbocycles. The van der Waals surface area contributed by atoms with Crippen LogP contribution in [0, 0.1) is 0 Å². The molecule has 1 aliphatic heterocycles. The standard InChI is InChI=1S/C13H14Cl2O8/c14-5-1-2-7(6(15)3-5)21-4-8(16)22-13-11(19)9(17)10(18)12(20)23-13/h1-3,9-13,17-20H,4H2/t9-,10-,11+,12-,13+/m0/s1. The summed E-state index contributed by atoms with van der Waals surface area (Å²) < 4.78 is 14.6. The zero-order valence-electron chi connectivity index (χ0n) is 11.5. The highest BCUT2D eigenvalue weighted by molar-refractivity contribution is 6.35. The highest BCUT2D eigenvalue weighted by Crippen LogP contribution is 2.27. The van der Waals surface area contributed by atoms with E-state index in [9.17, 15) is 25.2 Å². The number of halogens is 2. The molecule has 0 radical (unpaired) electrons. The number of rotatable bonds is 4. The van der Waals surface area contributed by atoms with Crippen molar-refractivity contribution in [1.82, 2.24) is 0 Å². The number of aliphatic hydroxyl groups excluding tert-OH is 4. The first-order valence-electron chi connectivity index (χ1n) is 6.44. The summed E-state index contributed by atoms with van der Waals surface area (Å²) in [5.74, 6) is -0.760. The molecule has 1 aromatic rings. The van der Waals surface area contributed by atoms with E-state index >= 15 is 0 Å². The second-order valence-electron chi connectivity index (χ2n) is 4.72. The Balaban J connectivity index is 1.89. The zero-order valence-corrected chi connectivity index (χ0v) is 13.0. The molecule has 1 fully saturated rings. The van der Waals surface area contributed by atoms with Gasteiger partial charge in [0, 0.05) is 5.02 Å². The molecule has 128 valence electrons.